The van der Waals surface area contributed by atoms with Crippen molar-refractivity contribution in [2.24, 2.45) is 0 Å². The largest absolute Gasteiger partial charge is 0.309 e. The standard InChI is InChI=1S/C60H39N5/c1-2-15-44(16-3-1)65-57-25-13-10-22-53(57)54-35-30-43(37-59(54)65)60-61-38-47(39-62-60)63(58-36-42-14-4-5-17-48(42)49-18-6-7-19-50(49)58)45-31-26-40(27-32-45)41-28-33-46(34-29-41)64-55-23-11-8-20-51(55)52-21-9-12-24-56(52)64/h1-39H. The fourth-order valence-corrected chi connectivity index (χ4v) is 10.0. The van der Waals surface area contributed by atoms with Gasteiger partial charge in [-0.1, -0.05) is 158 Å². The molecule has 0 fully saturated rings. The third-order valence-electron chi connectivity index (χ3n) is 13.0. The van der Waals surface area contributed by atoms with Crippen molar-refractivity contribution in [2.75, 3.05) is 4.90 Å². The molecule has 3 heterocycles. The lowest BCUT2D eigenvalue weighted by atomic mass is 9.99. The second-order valence-electron chi connectivity index (χ2n) is 16.6. The Hall–Kier alpha value is -8.80. The summed E-state index contributed by atoms with van der Waals surface area (Å²) >= 11 is 0. The molecule has 0 aliphatic carbocycles. The van der Waals surface area contributed by atoms with Crippen LogP contribution in [0.4, 0.5) is 17.1 Å². The number of anilines is 3. The minimum Gasteiger partial charge on any atom is -0.309 e. The van der Waals surface area contributed by atoms with E-state index in [0.29, 0.717) is 5.82 Å². The highest BCUT2D eigenvalue weighted by atomic mass is 15.2. The Morgan fingerprint density at radius 2 is 0.769 bits per heavy atom. The van der Waals surface area contributed by atoms with Gasteiger partial charge in [-0.25, -0.2) is 9.97 Å². The Bertz CT molecular complexity index is 3870. The van der Waals surface area contributed by atoms with Gasteiger partial charge in [0.1, 0.15) is 0 Å². The molecule has 65 heavy (non-hydrogen) atoms. The van der Waals surface area contributed by atoms with E-state index in [2.05, 4.69) is 238 Å². The van der Waals surface area contributed by atoms with Crippen molar-refractivity contribution in [2.45, 2.75) is 0 Å². The number of rotatable bonds is 7. The molecule has 10 aromatic carbocycles. The minimum atomic E-state index is 0.670. The Balaban J connectivity index is 0.904. The lowest BCUT2D eigenvalue weighted by Crippen LogP contribution is -2.11. The SMILES string of the molecule is c1ccc(-n2c3ccccc3c3ccc(-c4ncc(N(c5ccc(-c6ccc(-n7c8ccccc8c8ccccc87)cc6)cc5)c5cc6ccccc6c6ccccc56)cn4)cc32)cc1. The normalized spacial score (nSPS) is 11.7. The smallest absolute Gasteiger partial charge is 0.159 e. The van der Waals surface area contributed by atoms with Gasteiger partial charge in [-0.15, -0.1) is 0 Å². The number of para-hydroxylation sites is 4. The van der Waals surface area contributed by atoms with Crippen LogP contribution in [0.15, 0.2) is 237 Å². The molecule has 0 aliphatic heterocycles. The molecule has 0 aliphatic rings. The van der Waals surface area contributed by atoms with Gasteiger partial charge in [-0.05, 0) is 94.0 Å². The van der Waals surface area contributed by atoms with E-state index in [-0.39, 0.29) is 0 Å². The zero-order valence-electron chi connectivity index (χ0n) is 35.3. The van der Waals surface area contributed by atoms with Crippen LogP contribution in [0.2, 0.25) is 0 Å². The van der Waals surface area contributed by atoms with Crippen molar-refractivity contribution in [1.82, 2.24) is 19.1 Å². The monoisotopic (exact) mass is 829 g/mol. The number of nitrogens with zero attached hydrogens (tertiary/aromatic N) is 5. The van der Waals surface area contributed by atoms with Gasteiger partial charge in [-0.3, -0.25) is 0 Å². The molecule has 304 valence electrons. The van der Waals surface area contributed by atoms with Crippen LogP contribution in [0.1, 0.15) is 0 Å². The van der Waals surface area contributed by atoms with Crippen LogP contribution in [0.25, 0.3) is 99.0 Å². The summed E-state index contributed by atoms with van der Waals surface area (Å²) in [5, 5.41) is 9.68. The van der Waals surface area contributed by atoms with Crippen molar-refractivity contribution in [1.29, 1.82) is 0 Å². The number of hydrogen-bond donors (Lipinski definition) is 0. The summed E-state index contributed by atoms with van der Waals surface area (Å²) in [6.07, 6.45) is 3.93. The lowest BCUT2D eigenvalue weighted by Gasteiger charge is -2.27. The van der Waals surface area contributed by atoms with Crippen molar-refractivity contribution in [3.05, 3.63) is 237 Å². The average Bonchev–Trinajstić information content (AvgIpc) is 3.90. The van der Waals surface area contributed by atoms with E-state index in [1.807, 2.05) is 12.4 Å². The van der Waals surface area contributed by atoms with Crippen LogP contribution in [-0.4, -0.2) is 19.1 Å². The lowest BCUT2D eigenvalue weighted by molar-refractivity contribution is 1.14. The van der Waals surface area contributed by atoms with Gasteiger partial charge >= 0.3 is 0 Å². The van der Waals surface area contributed by atoms with Crippen LogP contribution in [0.5, 0.6) is 0 Å². The van der Waals surface area contributed by atoms with Crippen molar-refractivity contribution >= 4 is 82.2 Å². The number of benzene rings is 10. The van der Waals surface area contributed by atoms with Crippen LogP contribution in [0.3, 0.4) is 0 Å². The van der Waals surface area contributed by atoms with Gasteiger partial charge in [0.15, 0.2) is 5.82 Å². The Labute approximate surface area is 375 Å². The van der Waals surface area contributed by atoms with E-state index in [9.17, 15) is 0 Å². The first-order chi connectivity index (χ1) is 32.2. The van der Waals surface area contributed by atoms with E-state index in [0.717, 1.165) is 56.0 Å². The number of aromatic nitrogens is 4. The highest BCUT2D eigenvalue weighted by Gasteiger charge is 2.20. The molecule has 0 unspecified atom stereocenters. The van der Waals surface area contributed by atoms with E-state index in [1.54, 1.807) is 0 Å². The molecular formula is C60H39N5. The Morgan fingerprint density at radius 1 is 0.308 bits per heavy atom. The summed E-state index contributed by atoms with van der Waals surface area (Å²) < 4.78 is 4.69. The van der Waals surface area contributed by atoms with Crippen LogP contribution < -0.4 is 4.90 Å². The zero-order valence-corrected chi connectivity index (χ0v) is 35.3. The maximum absolute atomic E-state index is 5.09. The predicted octanol–water partition coefficient (Wildman–Crippen LogP) is 15.8. The summed E-state index contributed by atoms with van der Waals surface area (Å²) in [4.78, 5) is 12.5. The molecule has 13 rings (SSSR count). The summed E-state index contributed by atoms with van der Waals surface area (Å²) in [7, 11) is 0. The van der Waals surface area contributed by atoms with E-state index in [4.69, 9.17) is 9.97 Å². The minimum absolute atomic E-state index is 0.670. The molecular weight excluding hydrogens is 791 g/mol. The molecule has 0 amide bonds. The highest BCUT2D eigenvalue weighted by molar-refractivity contribution is 6.15. The third-order valence-corrected chi connectivity index (χ3v) is 13.0. The first kappa shape index (κ1) is 36.8. The quantitative estimate of drug-likeness (QED) is 0.150. The van der Waals surface area contributed by atoms with Gasteiger partial charge < -0.3 is 14.0 Å². The molecule has 3 aromatic heterocycles. The van der Waals surface area contributed by atoms with E-state index < -0.39 is 0 Å². The Kier molecular flexibility index (Phi) is 8.46. The molecule has 0 saturated heterocycles. The molecule has 5 nitrogen and oxygen atoms in total. The first-order valence-electron chi connectivity index (χ1n) is 22.1. The summed E-state index contributed by atoms with van der Waals surface area (Å²) in [6.45, 7) is 0. The molecule has 0 bridgehead atoms. The van der Waals surface area contributed by atoms with Crippen molar-refractivity contribution in [3.63, 3.8) is 0 Å². The van der Waals surface area contributed by atoms with Gasteiger partial charge in [0.2, 0.25) is 0 Å². The van der Waals surface area contributed by atoms with Crippen LogP contribution >= 0.6 is 0 Å². The molecule has 0 saturated carbocycles. The Morgan fingerprint density at radius 3 is 1.40 bits per heavy atom. The molecule has 0 spiro atoms. The fraction of sp³-hybridized carbons (Fsp3) is 0. The van der Waals surface area contributed by atoms with Gasteiger partial charge in [-0.2, -0.15) is 0 Å². The zero-order chi connectivity index (χ0) is 42.8. The van der Waals surface area contributed by atoms with Gasteiger partial charge in [0, 0.05) is 49.6 Å². The first-order valence-corrected chi connectivity index (χ1v) is 22.1. The summed E-state index contributed by atoms with van der Waals surface area (Å²) in [5.74, 6) is 0.670. The van der Waals surface area contributed by atoms with E-state index in [1.165, 1.54) is 54.3 Å². The third kappa shape index (κ3) is 6.01. The van der Waals surface area contributed by atoms with Gasteiger partial charge in [0.05, 0.1) is 45.8 Å². The fourth-order valence-electron chi connectivity index (χ4n) is 10.0. The second kappa shape index (κ2) is 14.9. The molecule has 0 atom stereocenters. The molecule has 0 N–H and O–H groups in total. The van der Waals surface area contributed by atoms with Crippen LogP contribution in [-0.2, 0) is 0 Å². The predicted molar refractivity (Wildman–Crippen MR) is 271 cm³/mol. The molecule has 0 radical (unpaired) electrons. The van der Waals surface area contributed by atoms with Crippen LogP contribution in [0, 0.1) is 0 Å². The van der Waals surface area contributed by atoms with E-state index >= 15 is 0 Å². The maximum atomic E-state index is 5.09. The maximum Gasteiger partial charge on any atom is 0.159 e. The van der Waals surface area contributed by atoms with Crippen molar-refractivity contribution < 1.29 is 0 Å². The van der Waals surface area contributed by atoms with Crippen molar-refractivity contribution in [3.8, 4) is 33.9 Å². The second-order valence-corrected chi connectivity index (χ2v) is 16.6. The van der Waals surface area contributed by atoms with Gasteiger partial charge in [0.25, 0.3) is 0 Å². The average molecular weight is 830 g/mol. The molecule has 13 aromatic rings. The number of hydrogen-bond acceptors (Lipinski definition) is 3. The highest BCUT2D eigenvalue weighted by Crippen LogP contribution is 2.43. The topological polar surface area (TPSA) is 38.9 Å². The number of fused-ring (bicyclic) bond motifs is 9. The summed E-state index contributed by atoms with van der Waals surface area (Å²) in [6, 6.07) is 80.4. The summed E-state index contributed by atoms with van der Waals surface area (Å²) in [5.41, 5.74) is 13.2. The molecule has 5 heteroatoms.